The van der Waals surface area contributed by atoms with Crippen molar-refractivity contribution < 1.29 is 17.9 Å². The standard InChI is InChI=1S/C15H25N3O.C14H18N2O3S/c1-12(14(2,3)16)18-15(4,17)11-19-10-13-8-6-5-7-9-13;1-20(18,19)16-10-14(6-8-15(11-17)9-7-14)12-4-2-3-5-13(12)16/h5-9,18H,1,10-11,16-17H2,2-4H3;2-5,11H,6-10H2,1H3/t15-;/m0./s1. The van der Waals surface area contributed by atoms with E-state index in [9.17, 15) is 13.2 Å². The zero-order valence-corrected chi connectivity index (χ0v) is 24.3. The minimum Gasteiger partial charge on any atom is -0.373 e. The molecule has 1 saturated heterocycles. The van der Waals surface area contributed by atoms with Gasteiger partial charge in [0.05, 0.1) is 25.2 Å². The van der Waals surface area contributed by atoms with Crippen molar-refractivity contribution in [2.75, 3.05) is 36.8 Å². The zero-order valence-electron chi connectivity index (χ0n) is 23.5. The highest BCUT2D eigenvalue weighted by molar-refractivity contribution is 7.92. The molecule has 9 nitrogen and oxygen atoms in total. The number of nitrogens with two attached hydrogens (primary N) is 2. The number of hydrogen-bond donors (Lipinski definition) is 3. The SMILES string of the molecule is C=C(N[C@](C)(N)COCc1ccccc1)C(C)(C)N.CS(=O)(=O)N1CC2(CCN(C=O)CC2)c2ccccc21. The molecule has 214 valence electrons. The fourth-order valence-electron chi connectivity index (χ4n) is 4.86. The Morgan fingerprint density at radius 2 is 1.67 bits per heavy atom. The van der Waals surface area contributed by atoms with E-state index in [1.807, 2.05) is 75.4 Å². The Morgan fingerprint density at radius 1 is 1.08 bits per heavy atom. The van der Waals surface area contributed by atoms with E-state index in [2.05, 4.69) is 11.9 Å². The Balaban J connectivity index is 0.000000216. The summed E-state index contributed by atoms with van der Waals surface area (Å²) in [6.45, 7) is 12.3. The molecule has 1 fully saturated rings. The van der Waals surface area contributed by atoms with Gasteiger partial charge in [0.2, 0.25) is 16.4 Å². The van der Waals surface area contributed by atoms with Gasteiger partial charge in [-0.2, -0.15) is 0 Å². The highest BCUT2D eigenvalue weighted by Gasteiger charge is 2.46. The van der Waals surface area contributed by atoms with Gasteiger partial charge >= 0.3 is 0 Å². The van der Waals surface area contributed by atoms with Crippen LogP contribution in [0.5, 0.6) is 0 Å². The van der Waals surface area contributed by atoms with Gasteiger partial charge in [-0.1, -0.05) is 55.1 Å². The second kappa shape index (κ2) is 12.1. The van der Waals surface area contributed by atoms with Crippen LogP contribution in [0, 0.1) is 0 Å². The van der Waals surface area contributed by atoms with Crippen molar-refractivity contribution in [2.24, 2.45) is 11.5 Å². The van der Waals surface area contributed by atoms with Crippen LogP contribution in [0.2, 0.25) is 0 Å². The minimum absolute atomic E-state index is 0.140. The first-order valence-electron chi connectivity index (χ1n) is 13.1. The van der Waals surface area contributed by atoms with Gasteiger partial charge in [-0.25, -0.2) is 8.42 Å². The lowest BCUT2D eigenvalue weighted by atomic mass is 9.74. The molecular formula is C29H43N5O4S. The first-order valence-corrected chi connectivity index (χ1v) is 15.0. The molecule has 0 radical (unpaired) electrons. The van der Waals surface area contributed by atoms with Crippen molar-refractivity contribution in [3.63, 3.8) is 0 Å². The van der Waals surface area contributed by atoms with Crippen LogP contribution in [0.4, 0.5) is 5.69 Å². The van der Waals surface area contributed by atoms with Gasteiger partial charge in [0.25, 0.3) is 0 Å². The third kappa shape index (κ3) is 8.04. The first-order chi connectivity index (χ1) is 18.2. The summed E-state index contributed by atoms with van der Waals surface area (Å²) in [5.41, 5.74) is 14.5. The third-order valence-corrected chi connectivity index (χ3v) is 8.35. The summed E-state index contributed by atoms with van der Waals surface area (Å²) >= 11 is 0. The fraction of sp³-hybridized carbons (Fsp3) is 0.483. The lowest BCUT2D eigenvalue weighted by Gasteiger charge is -2.38. The fourth-order valence-corrected chi connectivity index (χ4v) is 5.86. The van der Waals surface area contributed by atoms with Gasteiger partial charge in [-0.3, -0.25) is 9.10 Å². The molecule has 1 atom stereocenters. The van der Waals surface area contributed by atoms with E-state index < -0.39 is 21.2 Å². The molecule has 2 heterocycles. The highest BCUT2D eigenvalue weighted by atomic mass is 32.2. The van der Waals surface area contributed by atoms with E-state index in [-0.39, 0.29) is 5.41 Å². The molecule has 2 aliphatic rings. The van der Waals surface area contributed by atoms with Crippen molar-refractivity contribution in [1.82, 2.24) is 10.2 Å². The number of hydrogen-bond acceptors (Lipinski definition) is 7. The number of nitrogens with zero attached hydrogens (tertiary/aromatic N) is 2. The maximum absolute atomic E-state index is 12.0. The summed E-state index contributed by atoms with van der Waals surface area (Å²) in [6.07, 6.45) is 3.76. The van der Waals surface area contributed by atoms with Crippen LogP contribution < -0.4 is 21.1 Å². The van der Waals surface area contributed by atoms with Crippen molar-refractivity contribution >= 4 is 22.1 Å². The largest absolute Gasteiger partial charge is 0.373 e. The molecule has 2 aliphatic heterocycles. The molecule has 2 aromatic carbocycles. The van der Waals surface area contributed by atoms with E-state index in [1.54, 1.807) is 4.90 Å². The molecule has 2 aromatic rings. The molecule has 1 spiro atoms. The number of anilines is 1. The summed E-state index contributed by atoms with van der Waals surface area (Å²) in [4.78, 5) is 12.6. The predicted molar refractivity (Wildman–Crippen MR) is 156 cm³/mol. The van der Waals surface area contributed by atoms with Crippen molar-refractivity contribution in [2.45, 2.75) is 56.8 Å². The number of amides is 1. The monoisotopic (exact) mass is 557 g/mol. The van der Waals surface area contributed by atoms with Gasteiger partial charge < -0.3 is 26.4 Å². The molecule has 1 amide bonds. The second-order valence-corrected chi connectivity index (χ2v) is 13.3. The number of nitrogens with one attached hydrogen (secondary N) is 1. The van der Waals surface area contributed by atoms with Crippen LogP contribution in [-0.4, -0.2) is 63.4 Å². The Labute approximate surface area is 233 Å². The van der Waals surface area contributed by atoms with E-state index in [0.29, 0.717) is 38.5 Å². The maximum atomic E-state index is 12.0. The molecule has 0 aromatic heterocycles. The van der Waals surface area contributed by atoms with Gasteiger partial charge in [-0.15, -0.1) is 0 Å². The topological polar surface area (TPSA) is 131 Å². The zero-order chi connectivity index (χ0) is 28.9. The van der Waals surface area contributed by atoms with Crippen molar-refractivity contribution in [1.29, 1.82) is 0 Å². The molecule has 0 unspecified atom stereocenters. The molecule has 4 rings (SSSR count). The van der Waals surface area contributed by atoms with E-state index >= 15 is 0 Å². The minimum atomic E-state index is -3.26. The number of piperidine rings is 1. The van der Waals surface area contributed by atoms with E-state index in [1.165, 1.54) is 10.6 Å². The second-order valence-electron chi connectivity index (χ2n) is 11.4. The van der Waals surface area contributed by atoms with E-state index in [4.69, 9.17) is 16.2 Å². The smallest absolute Gasteiger partial charge is 0.232 e. The molecule has 10 heteroatoms. The average molecular weight is 558 g/mol. The van der Waals surface area contributed by atoms with Crippen LogP contribution in [0.25, 0.3) is 0 Å². The molecule has 0 bridgehead atoms. The van der Waals surface area contributed by atoms with Crippen molar-refractivity contribution in [3.8, 4) is 0 Å². The van der Waals surface area contributed by atoms with Gasteiger partial charge in [-0.05, 0) is 50.8 Å². The van der Waals surface area contributed by atoms with Crippen LogP contribution in [0.1, 0.15) is 44.7 Å². The maximum Gasteiger partial charge on any atom is 0.232 e. The number of fused-ring (bicyclic) bond motifs is 2. The quantitative estimate of drug-likeness (QED) is 0.319. The lowest BCUT2D eigenvalue weighted by molar-refractivity contribution is -0.119. The van der Waals surface area contributed by atoms with E-state index in [0.717, 1.165) is 36.1 Å². The number of carbonyl (C=O) groups excluding carboxylic acids is 1. The van der Waals surface area contributed by atoms with Gasteiger partial charge in [0.15, 0.2) is 0 Å². The first kappa shape index (κ1) is 30.6. The molecule has 0 aliphatic carbocycles. The van der Waals surface area contributed by atoms with Crippen LogP contribution in [-0.2, 0) is 31.6 Å². The summed E-state index contributed by atoms with van der Waals surface area (Å²) in [7, 11) is -3.26. The molecule has 0 saturated carbocycles. The molecular weight excluding hydrogens is 514 g/mol. The average Bonchev–Trinajstić information content (AvgIpc) is 3.19. The van der Waals surface area contributed by atoms with Crippen molar-refractivity contribution in [3.05, 3.63) is 78.0 Å². The van der Waals surface area contributed by atoms with Gasteiger partial charge in [0.1, 0.15) is 5.66 Å². The third-order valence-electron chi connectivity index (χ3n) is 7.22. The highest BCUT2D eigenvalue weighted by Crippen LogP contribution is 2.47. The number of ether oxygens (including phenoxy) is 1. The Hall–Kier alpha value is -2.92. The molecule has 5 N–H and O–H groups in total. The lowest BCUT2D eigenvalue weighted by Crippen LogP contribution is -2.57. The Bertz CT molecular complexity index is 1230. The molecule has 39 heavy (non-hydrogen) atoms. The Morgan fingerprint density at radius 3 is 2.23 bits per heavy atom. The van der Waals surface area contributed by atoms with Crippen LogP contribution in [0.15, 0.2) is 66.9 Å². The summed E-state index contributed by atoms with van der Waals surface area (Å²) in [6, 6.07) is 17.7. The summed E-state index contributed by atoms with van der Waals surface area (Å²) in [5.74, 6) is 0. The number of rotatable bonds is 9. The number of likely N-dealkylation sites (tertiary alicyclic amines) is 1. The summed E-state index contributed by atoms with van der Waals surface area (Å²) < 4.78 is 31.1. The van der Waals surface area contributed by atoms with Crippen LogP contribution in [0.3, 0.4) is 0 Å². The number of carbonyl (C=O) groups is 1. The summed E-state index contributed by atoms with van der Waals surface area (Å²) in [5, 5.41) is 3.12. The predicted octanol–water partition coefficient (Wildman–Crippen LogP) is 2.67. The normalized spacial score (nSPS) is 18.0. The van der Waals surface area contributed by atoms with Crippen LogP contribution >= 0.6 is 0 Å². The van der Waals surface area contributed by atoms with Gasteiger partial charge in [0, 0.05) is 36.3 Å². The Kier molecular flexibility index (Phi) is 9.48. The number of para-hydroxylation sites is 1. The number of sulfonamides is 1. The number of benzene rings is 2.